The molecular formula is C16H26N2. The molecule has 1 aliphatic heterocycles. The molecule has 2 heterocycles. The molecule has 0 aromatic carbocycles. The van der Waals surface area contributed by atoms with Crippen molar-refractivity contribution in [1.82, 2.24) is 9.88 Å². The number of rotatable bonds is 3. The standard InChI is InChI=1S/C16H26N2/c1-5-14-7-6-10-18(14)12-13-8-9-15(17-11-13)16(2,3)4/h8-9,11,14H,5-7,10,12H2,1-4H3/t14-/m1/s1. The van der Waals surface area contributed by atoms with E-state index >= 15 is 0 Å². The highest BCUT2D eigenvalue weighted by Gasteiger charge is 2.23. The Morgan fingerprint density at radius 1 is 1.33 bits per heavy atom. The van der Waals surface area contributed by atoms with Gasteiger partial charge in [-0.2, -0.15) is 0 Å². The van der Waals surface area contributed by atoms with Gasteiger partial charge in [0.1, 0.15) is 0 Å². The minimum atomic E-state index is 0.151. The molecule has 1 aliphatic rings. The molecule has 0 amide bonds. The fraction of sp³-hybridized carbons (Fsp3) is 0.688. The molecule has 2 rings (SSSR count). The third kappa shape index (κ3) is 3.11. The Bertz CT molecular complexity index is 375. The number of likely N-dealkylation sites (tertiary alicyclic amines) is 1. The largest absolute Gasteiger partial charge is 0.296 e. The molecular weight excluding hydrogens is 220 g/mol. The normalized spacial score (nSPS) is 21.4. The third-order valence-electron chi connectivity index (χ3n) is 3.95. The minimum Gasteiger partial charge on any atom is -0.296 e. The maximum atomic E-state index is 4.62. The second-order valence-electron chi connectivity index (χ2n) is 6.48. The van der Waals surface area contributed by atoms with Crippen molar-refractivity contribution in [3.8, 4) is 0 Å². The summed E-state index contributed by atoms with van der Waals surface area (Å²) in [5.41, 5.74) is 2.68. The summed E-state index contributed by atoms with van der Waals surface area (Å²) < 4.78 is 0. The van der Waals surface area contributed by atoms with Gasteiger partial charge >= 0.3 is 0 Å². The van der Waals surface area contributed by atoms with Crippen LogP contribution in [0.1, 0.15) is 58.2 Å². The fourth-order valence-corrected chi connectivity index (χ4v) is 2.76. The van der Waals surface area contributed by atoms with Gasteiger partial charge in [0.2, 0.25) is 0 Å². The van der Waals surface area contributed by atoms with E-state index in [0.717, 1.165) is 12.6 Å². The summed E-state index contributed by atoms with van der Waals surface area (Å²) in [6, 6.07) is 5.22. The second kappa shape index (κ2) is 5.40. The molecule has 1 saturated heterocycles. The second-order valence-corrected chi connectivity index (χ2v) is 6.48. The van der Waals surface area contributed by atoms with Crippen LogP contribution in [-0.2, 0) is 12.0 Å². The minimum absolute atomic E-state index is 0.151. The van der Waals surface area contributed by atoms with E-state index < -0.39 is 0 Å². The number of hydrogen-bond acceptors (Lipinski definition) is 2. The lowest BCUT2D eigenvalue weighted by molar-refractivity contribution is 0.239. The predicted molar refractivity (Wildman–Crippen MR) is 76.7 cm³/mol. The zero-order valence-electron chi connectivity index (χ0n) is 12.2. The summed E-state index contributed by atoms with van der Waals surface area (Å²) in [7, 11) is 0. The fourth-order valence-electron chi connectivity index (χ4n) is 2.76. The zero-order chi connectivity index (χ0) is 13.2. The van der Waals surface area contributed by atoms with Crippen LogP contribution in [-0.4, -0.2) is 22.5 Å². The van der Waals surface area contributed by atoms with Crippen molar-refractivity contribution >= 4 is 0 Å². The van der Waals surface area contributed by atoms with Crippen molar-refractivity contribution in [2.24, 2.45) is 0 Å². The molecule has 1 fully saturated rings. The Labute approximate surface area is 111 Å². The van der Waals surface area contributed by atoms with Gasteiger partial charge in [-0.05, 0) is 37.4 Å². The van der Waals surface area contributed by atoms with Gasteiger partial charge in [-0.15, -0.1) is 0 Å². The molecule has 0 bridgehead atoms. The van der Waals surface area contributed by atoms with E-state index in [-0.39, 0.29) is 5.41 Å². The molecule has 1 aromatic rings. The SMILES string of the molecule is CC[C@@H]1CCCN1Cc1ccc(C(C)(C)C)nc1. The first kappa shape index (κ1) is 13.5. The van der Waals surface area contributed by atoms with Crippen LogP contribution in [0.5, 0.6) is 0 Å². The van der Waals surface area contributed by atoms with E-state index in [9.17, 15) is 0 Å². The zero-order valence-corrected chi connectivity index (χ0v) is 12.2. The van der Waals surface area contributed by atoms with Crippen molar-refractivity contribution in [2.45, 2.75) is 65.0 Å². The summed E-state index contributed by atoms with van der Waals surface area (Å²) in [5, 5.41) is 0. The van der Waals surface area contributed by atoms with E-state index in [1.165, 1.54) is 37.1 Å². The van der Waals surface area contributed by atoms with Gasteiger partial charge in [0, 0.05) is 29.9 Å². The number of nitrogens with zero attached hydrogens (tertiary/aromatic N) is 2. The molecule has 18 heavy (non-hydrogen) atoms. The molecule has 0 unspecified atom stereocenters. The average molecular weight is 246 g/mol. The maximum absolute atomic E-state index is 4.62. The van der Waals surface area contributed by atoms with Gasteiger partial charge < -0.3 is 0 Å². The third-order valence-corrected chi connectivity index (χ3v) is 3.95. The summed E-state index contributed by atoms with van der Waals surface area (Å²) in [6.45, 7) is 11.2. The van der Waals surface area contributed by atoms with Gasteiger partial charge in [-0.1, -0.05) is 33.8 Å². The Morgan fingerprint density at radius 2 is 2.11 bits per heavy atom. The number of aromatic nitrogens is 1. The van der Waals surface area contributed by atoms with Crippen LogP contribution < -0.4 is 0 Å². The lowest BCUT2D eigenvalue weighted by Crippen LogP contribution is -2.28. The Kier molecular flexibility index (Phi) is 4.06. The highest BCUT2D eigenvalue weighted by molar-refractivity contribution is 5.19. The quantitative estimate of drug-likeness (QED) is 0.807. The maximum Gasteiger partial charge on any atom is 0.0457 e. The Morgan fingerprint density at radius 3 is 2.67 bits per heavy atom. The van der Waals surface area contributed by atoms with E-state index in [2.05, 4.69) is 55.9 Å². The molecule has 0 spiro atoms. The van der Waals surface area contributed by atoms with E-state index in [1.807, 2.05) is 0 Å². The summed E-state index contributed by atoms with van der Waals surface area (Å²) >= 11 is 0. The molecule has 0 saturated carbocycles. The van der Waals surface area contributed by atoms with Gasteiger partial charge in [0.15, 0.2) is 0 Å². The highest BCUT2D eigenvalue weighted by atomic mass is 15.2. The molecule has 0 aliphatic carbocycles. The molecule has 1 atom stereocenters. The smallest absolute Gasteiger partial charge is 0.0457 e. The molecule has 1 aromatic heterocycles. The van der Waals surface area contributed by atoms with Crippen LogP contribution in [0, 0.1) is 0 Å². The lowest BCUT2D eigenvalue weighted by atomic mass is 9.91. The van der Waals surface area contributed by atoms with Gasteiger partial charge in [-0.3, -0.25) is 9.88 Å². The van der Waals surface area contributed by atoms with Crippen molar-refractivity contribution in [2.75, 3.05) is 6.54 Å². The summed E-state index contributed by atoms with van der Waals surface area (Å²) in [4.78, 5) is 7.22. The van der Waals surface area contributed by atoms with E-state index in [0.29, 0.717) is 0 Å². The lowest BCUT2D eigenvalue weighted by Gasteiger charge is -2.23. The van der Waals surface area contributed by atoms with Crippen molar-refractivity contribution in [3.63, 3.8) is 0 Å². The number of hydrogen-bond donors (Lipinski definition) is 0. The summed E-state index contributed by atoms with van der Waals surface area (Å²) in [6.07, 6.45) is 6.05. The van der Waals surface area contributed by atoms with Crippen molar-refractivity contribution < 1.29 is 0 Å². The van der Waals surface area contributed by atoms with Crippen LogP contribution >= 0.6 is 0 Å². The predicted octanol–water partition coefficient (Wildman–Crippen LogP) is 3.75. The van der Waals surface area contributed by atoms with Gasteiger partial charge in [-0.25, -0.2) is 0 Å². The van der Waals surface area contributed by atoms with Crippen molar-refractivity contribution in [3.05, 3.63) is 29.6 Å². The Hall–Kier alpha value is -0.890. The molecule has 2 nitrogen and oxygen atoms in total. The van der Waals surface area contributed by atoms with E-state index in [4.69, 9.17) is 0 Å². The molecule has 0 radical (unpaired) electrons. The van der Waals surface area contributed by atoms with Crippen LogP contribution in [0.15, 0.2) is 18.3 Å². The summed E-state index contributed by atoms with van der Waals surface area (Å²) in [5.74, 6) is 0. The first-order valence-electron chi connectivity index (χ1n) is 7.20. The monoisotopic (exact) mass is 246 g/mol. The first-order valence-corrected chi connectivity index (χ1v) is 7.20. The van der Waals surface area contributed by atoms with Crippen LogP contribution in [0.3, 0.4) is 0 Å². The highest BCUT2D eigenvalue weighted by Crippen LogP contribution is 2.23. The first-order chi connectivity index (χ1) is 8.50. The average Bonchev–Trinajstić information content (AvgIpc) is 2.76. The van der Waals surface area contributed by atoms with Crippen LogP contribution in [0.25, 0.3) is 0 Å². The van der Waals surface area contributed by atoms with E-state index in [1.54, 1.807) is 0 Å². The molecule has 0 N–H and O–H groups in total. The van der Waals surface area contributed by atoms with Crippen molar-refractivity contribution in [1.29, 1.82) is 0 Å². The van der Waals surface area contributed by atoms with Gasteiger partial charge in [0.05, 0.1) is 0 Å². The van der Waals surface area contributed by atoms with Crippen LogP contribution in [0.4, 0.5) is 0 Å². The number of pyridine rings is 1. The molecule has 2 heteroatoms. The van der Waals surface area contributed by atoms with Crippen LogP contribution in [0.2, 0.25) is 0 Å². The Balaban J connectivity index is 2.02. The van der Waals surface area contributed by atoms with Gasteiger partial charge in [0.25, 0.3) is 0 Å². The molecule has 100 valence electrons. The topological polar surface area (TPSA) is 16.1 Å².